The van der Waals surface area contributed by atoms with Crippen LogP contribution in [-0.4, -0.2) is 30.5 Å². The largest absolute Gasteiger partial charge is 0.366 e. The molecular formula is C18H24N4O3. The van der Waals surface area contributed by atoms with Crippen molar-refractivity contribution in [2.45, 2.75) is 33.6 Å². The van der Waals surface area contributed by atoms with Crippen molar-refractivity contribution in [3.05, 3.63) is 33.9 Å². The molecule has 7 heteroatoms. The quantitative estimate of drug-likeness (QED) is 0.669. The fourth-order valence-electron chi connectivity index (χ4n) is 2.96. The lowest BCUT2D eigenvalue weighted by Crippen LogP contribution is -2.43. The molecule has 1 amide bonds. The van der Waals surface area contributed by atoms with E-state index in [1.54, 1.807) is 12.1 Å². The summed E-state index contributed by atoms with van der Waals surface area (Å²) in [4.78, 5) is 24.9. The maximum atomic E-state index is 12.0. The van der Waals surface area contributed by atoms with Crippen molar-refractivity contribution >= 4 is 17.3 Å². The average Bonchev–Trinajstić information content (AvgIpc) is 2.58. The van der Waals surface area contributed by atoms with Gasteiger partial charge in [0.15, 0.2) is 0 Å². The zero-order valence-corrected chi connectivity index (χ0v) is 14.9. The molecule has 1 fully saturated rings. The van der Waals surface area contributed by atoms with Gasteiger partial charge in [-0.15, -0.1) is 0 Å². The number of hydrogen-bond donors (Lipinski definition) is 1. The minimum absolute atomic E-state index is 0.00831. The van der Waals surface area contributed by atoms with E-state index in [4.69, 9.17) is 5.26 Å². The molecule has 1 aliphatic heterocycles. The van der Waals surface area contributed by atoms with Crippen LogP contribution in [0.4, 0.5) is 11.4 Å². The van der Waals surface area contributed by atoms with Crippen molar-refractivity contribution in [2.75, 3.05) is 24.5 Å². The van der Waals surface area contributed by atoms with Crippen LogP contribution in [0.15, 0.2) is 18.2 Å². The van der Waals surface area contributed by atoms with E-state index in [0.717, 1.165) is 19.4 Å². The summed E-state index contributed by atoms with van der Waals surface area (Å²) >= 11 is 0. The fourth-order valence-corrected chi connectivity index (χ4v) is 2.96. The van der Waals surface area contributed by atoms with Gasteiger partial charge in [-0.1, -0.05) is 20.8 Å². The van der Waals surface area contributed by atoms with Gasteiger partial charge in [0.25, 0.3) is 5.69 Å². The van der Waals surface area contributed by atoms with Crippen LogP contribution in [0.25, 0.3) is 0 Å². The smallest absolute Gasteiger partial charge is 0.293 e. The molecule has 1 aliphatic rings. The number of piperidine rings is 1. The van der Waals surface area contributed by atoms with Gasteiger partial charge in [-0.05, 0) is 30.9 Å². The second kappa shape index (κ2) is 7.51. The second-order valence-corrected chi connectivity index (χ2v) is 7.49. The number of carbonyl (C=O) groups excluding carboxylic acids is 1. The number of anilines is 1. The molecule has 0 saturated carbocycles. The number of amides is 1. The third-order valence-electron chi connectivity index (χ3n) is 4.39. The molecule has 1 saturated heterocycles. The second-order valence-electron chi connectivity index (χ2n) is 7.49. The van der Waals surface area contributed by atoms with Gasteiger partial charge in [0.05, 0.1) is 16.6 Å². The summed E-state index contributed by atoms with van der Waals surface area (Å²) < 4.78 is 0. The maximum absolute atomic E-state index is 12.0. The summed E-state index contributed by atoms with van der Waals surface area (Å²) in [5.74, 6) is 0.254. The molecule has 2 rings (SSSR count). The number of rotatable bonds is 4. The number of nitrogens with one attached hydrogen (secondary N) is 1. The summed E-state index contributed by atoms with van der Waals surface area (Å²) in [6.07, 6.45) is 1.89. The van der Waals surface area contributed by atoms with Crippen molar-refractivity contribution in [1.29, 1.82) is 5.26 Å². The van der Waals surface area contributed by atoms with Crippen LogP contribution in [0, 0.1) is 32.8 Å². The SMILES string of the molecule is CC(C)(C)C(=O)NCC1CCCN(c2ccc(C#N)cc2[N+](=O)[O-])C1. The molecule has 0 radical (unpaired) electrons. The van der Waals surface area contributed by atoms with Gasteiger partial charge in [0, 0.05) is 31.1 Å². The van der Waals surface area contributed by atoms with Crippen molar-refractivity contribution in [2.24, 2.45) is 11.3 Å². The van der Waals surface area contributed by atoms with Crippen LogP contribution < -0.4 is 10.2 Å². The molecular weight excluding hydrogens is 320 g/mol. The average molecular weight is 344 g/mol. The first-order chi connectivity index (χ1) is 11.7. The molecule has 1 aromatic rings. The summed E-state index contributed by atoms with van der Waals surface area (Å²) in [6, 6.07) is 6.51. The van der Waals surface area contributed by atoms with Gasteiger partial charge in [-0.3, -0.25) is 14.9 Å². The summed E-state index contributed by atoms with van der Waals surface area (Å²) in [7, 11) is 0. The fraction of sp³-hybridized carbons (Fsp3) is 0.556. The highest BCUT2D eigenvalue weighted by molar-refractivity contribution is 5.81. The van der Waals surface area contributed by atoms with E-state index in [1.807, 2.05) is 31.7 Å². The van der Waals surface area contributed by atoms with Gasteiger partial charge in [0.1, 0.15) is 5.69 Å². The third-order valence-corrected chi connectivity index (χ3v) is 4.39. The molecule has 1 N–H and O–H groups in total. The summed E-state index contributed by atoms with van der Waals surface area (Å²) in [5.41, 5.74) is 0.344. The predicted molar refractivity (Wildman–Crippen MR) is 95.2 cm³/mol. The first-order valence-corrected chi connectivity index (χ1v) is 8.44. The Morgan fingerprint density at radius 3 is 2.80 bits per heavy atom. The van der Waals surface area contributed by atoms with Crippen molar-refractivity contribution in [3.8, 4) is 6.07 Å². The maximum Gasteiger partial charge on any atom is 0.293 e. The molecule has 1 atom stereocenters. The van der Waals surface area contributed by atoms with E-state index in [-0.39, 0.29) is 23.1 Å². The minimum atomic E-state index is -0.443. The Kier molecular flexibility index (Phi) is 5.62. The van der Waals surface area contributed by atoms with Crippen molar-refractivity contribution in [1.82, 2.24) is 5.32 Å². The monoisotopic (exact) mass is 344 g/mol. The van der Waals surface area contributed by atoms with E-state index in [2.05, 4.69) is 5.32 Å². The number of nitriles is 1. The van der Waals surface area contributed by atoms with E-state index in [1.165, 1.54) is 6.07 Å². The highest BCUT2D eigenvalue weighted by Gasteiger charge is 2.27. The number of carbonyl (C=O) groups is 1. The van der Waals surface area contributed by atoms with Crippen LogP contribution in [0.3, 0.4) is 0 Å². The first-order valence-electron chi connectivity index (χ1n) is 8.44. The number of benzene rings is 1. The number of nitro groups is 1. The topological polar surface area (TPSA) is 99.3 Å². The lowest BCUT2D eigenvalue weighted by Gasteiger charge is -2.34. The van der Waals surface area contributed by atoms with Crippen LogP contribution in [0.1, 0.15) is 39.2 Å². The molecule has 0 aromatic heterocycles. The highest BCUT2D eigenvalue weighted by Crippen LogP contribution is 2.32. The number of nitrogens with zero attached hydrogens (tertiary/aromatic N) is 3. The Morgan fingerprint density at radius 2 is 2.20 bits per heavy atom. The molecule has 1 unspecified atom stereocenters. The van der Waals surface area contributed by atoms with Gasteiger partial charge in [0.2, 0.25) is 5.91 Å². The molecule has 7 nitrogen and oxygen atoms in total. The number of hydrogen-bond acceptors (Lipinski definition) is 5. The van der Waals surface area contributed by atoms with E-state index >= 15 is 0 Å². The molecule has 1 heterocycles. The molecule has 0 bridgehead atoms. The van der Waals surface area contributed by atoms with E-state index < -0.39 is 10.3 Å². The first kappa shape index (κ1) is 18.7. The Morgan fingerprint density at radius 1 is 1.48 bits per heavy atom. The standard InChI is InChI=1S/C18H24N4O3/c1-18(2,3)17(23)20-11-14-5-4-8-21(12-14)15-7-6-13(10-19)9-16(15)22(24)25/h6-7,9,14H,4-5,8,11-12H2,1-3H3,(H,20,23). The Labute approximate surface area is 147 Å². The summed E-state index contributed by atoms with van der Waals surface area (Å²) in [5, 5.41) is 23.3. The lowest BCUT2D eigenvalue weighted by molar-refractivity contribution is -0.384. The molecule has 25 heavy (non-hydrogen) atoms. The van der Waals surface area contributed by atoms with Gasteiger partial charge in [-0.25, -0.2) is 0 Å². The van der Waals surface area contributed by atoms with E-state index in [0.29, 0.717) is 18.8 Å². The normalized spacial score (nSPS) is 17.7. The van der Waals surface area contributed by atoms with Crippen LogP contribution in [0.5, 0.6) is 0 Å². The molecule has 134 valence electrons. The van der Waals surface area contributed by atoms with Crippen molar-refractivity contribution in [3.63, 3.8) is 0 Å². The van der Waals surface area contributed by atoms with Crippen molar-refractivity contribution < 1.29 is 9.72 Å². The Balaban J connectivity index is 2.10. The number of nitro benzene ring substituents is 1. The minimum Gasteiger partial charge on any atom is -0.366 e. The van der Waals surface area contributed by atoms with Gasteiger partial charge < -0.3 is 10.2 Å². The highest BCUT2D eigenvalue weighted by atomic mass is 16.6. The zero-order chi connectivity index (χ0) is 18.6. The van der Waals surface area contributed by atoms with Crippen LogP contribution >= 0.6 is 0 Å². The van der Waals surface area contributed by atoms with Gasteiger partial charge >= 0.3 is 0 Å². The third kappa shape index (κ3) is 4.69. The molecule has 0 spiro atoms. The predicted octanol–water partition coefficient (Wildman–Crippen LogP) is 2.85. The van der Waals surface area contributed by atoms with Crippen LogP contribution in [0.2, 0.25) is 0 Å². The molecule has 0 aliphatic carbocycles. The molecule has 1 aromatic carbocycles. The van der Waals surface area contributed by atoms with E-state index in [9.17, 15) is 14.9 Å². The Bertz CT molecular complexity index is 703. The summed E-state index contributed by atoms with van der Waals surface area (Å²) in [6.45, 7) is 7.56. The van der Waals surface area contributed by atoms with Gasteiger partial charge in [-0.2, -0.15) is 5.26 Å². The zero-order valence-electron chi connectivity index (χ0n) is 14.9. The lowest BCUT2D eigenvalue weighted by atomic mass is 9.93. The van der Waals surface area contributed by atoms with Crippen LogP contribution in [-0.2, 0) is 4.79 Å². The Hall–Kier alpha value is -2.62.